The molecule has 2 aromatic rings. The Bertz CT molecular complexity index is 1010. The predicted molar refractivity (Wildman–Crippen MR) is 111 cm³/mol. The fraction of sp³-hybridized carbons (Fsp3) is 0.368. The maximum Gasteiger partial charge on any atom is 0.244 e. The molecule has 148 valence electrons. The molecular formula is C19H20BrN3O3S2. The highest BCUT2D eigenvalue weighted by Crippen LogP contribution is 2.27. The topological polar surface area (TPSA) is 81.5 Å². The zero-order valence-electron chi connectivity index (χ0n) is 15.3. The van der Waals surface area contributed by atoms with Gasteiger partial charge in [0.2, 0.25) is 15.9 Å². The molecule has 0 radical (unpaired) electrons. The smallest absolute Gasteiger partial charge is 0.244 e. The zero-order chi connectivity index (χ0) is 20.3. The minimum atomic E-state index is -3.74. The lowest BCUT2D eigenvalue weighted by Crippen LogP contribution is -2.43. The molecule has 2 heterocycles. The lowest BCUT2D eigenvalue weighted by atomic mass is 9.96. The molecule has 28 heavy (non-hydrogen) atoms. The highest BCUT2D eigenvalue weighted by Gasteiger charge is 2.34. The van der Waals surface area contributed by atoms with E-state index in [0.717, 1.165) is 9.35 Å². The quantitative estimate of drug-likeness (QED) is 0.654. The Morgan fingerprint density at radius 1 is 1.36 bits per heavy atom. The van der Waals surface area contributed by atoms with Crippen LogP contribution in [-0.4, -0.2) is 43.7 Å². The van der Waals surface area contributed by atoms with Gasteiger partial charge in [0, 0.05) is 40.8 Å². The van der Waals surface area contributed by atoms with Crippen LogP contribution in [0.3, 0.4) is 0 Å². The van der Waals surface area contributed by atoms with E-state index in [1.807, 2.05) is 17.5 Å². The van der Waals surface area contributed by atoms with E-state index in [1.54, 1.807) is 35.4 Å². The van der Waals surface area contributed by atoms with Gasteiger partial charge in [-0.3, -0.25) is 4.79 Å². The molecule has 0 bridgehead atoms. The van der Waals surface area contributed by atoms with Gasteiger partial charge >= 0.3 is 0 Å². The third-order valence-corrected chi connectivity index (χ3v) is 8.46. The number of halogens is 1. The lowest BCUT2D eigenvalue weighted by Gasteiger charge is -2.32. The third-order valence-electron chi connectivity index (χ3n) is 4.82. The largest absolute Gasteiger partial charge is 0.340 e. The maximum atomic E-state index is 12.9. The number of piperidine rings is 1. The van der Waals surface area contributed by atoms with Crippen molar-refractivity contribution < 1.29 is 13.2 Å². The Balaban J connectivity index is 1.63. The molecule has 1 aliphatic rings. The standard InChI is InChI=1S/C19H20BrN3O3S2/c1-22(12-17-10-16(20)13-27-17)19(24)14-6-8-23(9-7-14)28(25,26)18-5-3-2-4-15(18)11-21/h2-5,10,13-14H,6-9,12H2,1H3. The van der Waals surface area contributed by atoms with Crippen molar-refractivity contribution in [1.29, 1.82) is 5.26 Å². The molecule has 1 aromatic carbocycles. The summed E-state index contributed by atoms with van der Waals surface area (Å²) in [6.07, 6.45) is 0.955. The van der Waals surface area contributed by atoms with Crippen LogP contribution in [0.15, 0.2) is 45.1 Å². The molecule has 1 fully saturated rings. The second-order valence-corrected chi connectivity index (χ2v) is 10.5. The van der Waals surface area contributed by atoms with Gasteiger partial charge in [0.1, 0.15) is 6.07 Å². The third kappa shape index (κ3) is 4.46. The molecule has 1 amide bonds. The van der Waals surface area contributed by atoms with Crippen molar-refractivity contribution in [1.82, 2.24) is 9.21 Å². The number of nitriles is 1. The molecular weight excluding hydrogens is 462 g/mol. The molecule has 0 saturated carbocycles. The number of nitrogens with zero attached hydrogens (tertiary/aromatic N) is 3. The molecule has 6 nitrogen and oxygen atoms in total. The van der Waals surface area contributed by atoms with Crippen molar-refractivity contribution in [3.8, 4) is 6.07 Å². The van der Waals surface area contributed by atoms with Crippen molar-refractivity contribution in [2.45, 2.75) is 24.3 Å². The first-order chi connectivity index (χ1) is 13.3. The van der Waals surface area contributed by atoms with Crippen LogP contribution >= 0.6 is 27.3 Å². The average Bonchev–Trinajstić information content (AvgIpc) is 3.12. The van der Waals surface area contributed by atoms with E-state index in [4.69, 9.17) is 0 Å². The molecule has 0 spiro atoms. The van der Waals surface area contributed by atoms with Crippen LogP contribution < -0.4 is 0 Å². The normalized spacial score (nSPS) is 15.9. The second kappa shape index (κ2) is 8.74. The fourth-order valence-corrected chi connectivity index (χ4v) is 6.44. The predicted octanol–water partition coefficient (Wildman–Crippen LogP) is 3.44. The van der Waals surface area contributed by atoms with Crippen LogP contribution in [-0.2, 0) is 21.4 Å². The number of carbonyl (C=O) groups excluding carboxylic acids is 1. The van der Waals surface area contributed by atoms with Gasteiger partial charge in [-0.15, -0.1) is 11.3 Å². The summed E-state index contributed by atoms with van der Waals surface area (Å²) in [5.41, 5.74) is 0.141. The van der Waals surface area contributed by atoms with Gasteiger partial charge in [0.25, 0.3) is 0 Å². The Hall–Kier alpha value is -1.73. The van der Waals surface area contributed by atoms with Crippen molar-refractivity contribution in [2.75, 3.05) is 20.1 Å². The summed E-state index contributed by atoms with van der Waals surface area (Å²) >= 11 is 5.01. The first-order valence-corrected chi connectivity index (χ1v) is 11.9. The number of carbonyl (C=O) groups is 1. The SMILES string of the molecule is CN(Cc1cc(Br)cs1)C(=O)C1CCN(S(=O)(=O)c2ccccc2C#N)CC1. The van der Waals surface area contributed by atoms with Crippen LogP contribution in [0.2, 0.25) is 0 Å². The highest BCUT2D eigenvalue weighted by molar-refractivity contribution is 9.10. The van der Waals surface area contributed by atoms with Crippen molar-refractivity contribution in [3.63, 3.8) is 0 Å². The maximum absolute atomic E-state index is 12.9. The summed E-state index contributed by atoms with van der Waals surface area (Å²) in [6.45, 7) is 1.09. The summed E-state index contributed by atoms with van der Waals surface area (Å²) in [6, 6.07) is 10.1. The Morgan fingerprint density at radius 2 is 2.04 bits per heavy atom. The average molecular weight is 482 g/mol. The number of amides is 1. The number of hydrogen-bond donors (Lipinski definition) is 0. The summed E-state index contributed by atoms with van der Waals surface area (Å²) in [7, 11) is -1.96. The number of hydrogen-bond acceptors (Lipinski definition) is 5. The first kappa shape index (κ1) is 21.0. The molecule has 0 atom stereocenters. The molecule has 0 N–H and O–H groups in total. The highest BCUT2D eigenvalue weighted by atomic mass is 79.9. The van der Waals surface area contributed by atoms with Crippen LogP contribution in [0.4, 0.5) is 0 Å². The summed E-state index contributed by atoms with van der Waals surface area (Å²) in [4.78, 5) is 15.6. The Morgan fingerprint density at radius 3 is 2.64 bits per heavy atom. The van der Waals surface area contributed by atoms with Gasteiger partial charge in [-0.25, -0.2) is 8.42 Å². The first-order valence-electron chi connectivity index (χ1n) is 8.80. The van der Waals surface area contributed by atoms with E-state index in [1.165, 1.54) is 16.4 Å². The summed E-state index contributed by atoms with van der Waals surface area (Å²) < 4.78 is 28.2. The van der Waals surface area contributed by atoms with Gasteiger partial charge in [0.05, 0.1) is 17.0 Å². The van der Waals surface area contributed by atoms with Crippen molar-refractivity contribution >= 4 is 43.2 Å². The molecule has 0 aliphatic carbocycles. The fourth-order valence-electron chi connectivity index (χ4n) is 3.33. The number of rotatable bonds is 5. The van der Waals surface area contributed by atoms with Crippen LogP contribution in [0.5, 0.6) is 0 Å². The summed E-state index contributed by atoms with van der Waals surface area (Å²) in [5, 5.41) is 11.2. The van der Waals surface area contributed by atoms with Gasteiger partial charge in [-0.1, -0.05) is 12.1 Å². The van der Waals surface area contributed by atoms with Gasteiger partial charge in [-0.2, -0.15) is 9.57 Å². The molecule has 1 aliphatic heterocycles. The Labute approximate surface area is 177 Å². The van der Waals surface area contributed by atoms with Gasteiger partial charge in [-0.05, 0) is 47.0 Å². The van der Waals surface area contributed by atoms with Crippen LogP contribution in [0.1, 0.15) is 23.3 Å². The van der Waals surface area contributed by atoms with Crippen molar-refractivity contribution in [2.24, 2.45) is 5.92 Å². The van der Waals surface area contributed by atoms with E-state index in [2.05, 4.69) is 15.9 Å². The molecule has 9 heteroatoms. The number of thiophene rings is 1. The molecule has 1 saturated heterocycles. The van der Waals surface area contributed by atoms with E-state index >= 15 is 0 Å². The van der Waals surface area contributed by atoms with E-state index in [-0.39, 0.29) is 35.4 Å². The lowest BCUT2D eigenvalue weighted by molar-refractivity contribution is -0.135. The zero-order valence-corrected chi connectivity index (χ0v) is 18.6. The minimum absolute atomic E-state index is 0.0302. The van der Waals surface area contributed by atoms with Crippen LogP contribution in [0, 0.1) is 17.2 Å². The summed E-state index contributed by atoms with van der Waals surface area (Å²) in [5.74, 6) is -0.148. The van der Waals surface area contributed by atoms with E-state index < -0.39 is 10.0 Å². The molecule has 0 unspecified atom stereocenters. The number of sulfonamides is 1. The minimum Gasteiger partial charge on any atom is -0.340 e. The van der Waals surface area contributed by atoms with E-state index in [9.17, 15) is 18.5 Å². The number of benzene rings is 1. The second-order valence-electron chi connectivity index (χ2n) is 6.71. The Kier molecular flexibility index (Phi) is 6.55. The van der Waals surface area contributed by atoms with Crippen molar-refractivity contribution in [3.05, 3.63) is 50.6 Å². The molecule has 1 aromatic heterocycles. The van der Waals surface area contributed by atoms with Crippen LogP contribution in [0.25, 0.3) is 0 Å². The van der Waals surface area contributed by atoms with Gasteiger partial charge < -0.3 is 4.90 Å². The monoisotopic (exact) mass is 481 g/mol. The van der Waals surface area contributed by atoms with Gasteiger partial charge in [0.15, 0.2) is 0 Å². The van der Waals surface area contributed by atoms with E-state index in [0.29, 0.717) is 19.4 Å². The molecule has 3 rings (SSSR count).